The maximum Gasteiger partial charge on any atom is 0.418 e. The summed E-state index contributed by atoms with van der Waals surface area (Å²) in [4.78, 5) is 42.7. The molecule has 4 rings (SSSR count). The molecule has 240 valence electrons. The van der Waals surface area contributed by atoms with E-state index in [1.54, 1.807) is 14.2 Å². The van der Waals surface area contributed by atoms with Crippen LogP contribution in [0.15, 0.2) is 66.7 Å². The van der Waals surface area contributed by atoms with Gasteiger partial charge in [-0.1, -0.05) is 85.7 Å². The predicted octanol–water partition coefficient (Wildman–Crippen LogP) is 6.51. The fourth-order valence-corrected chi connectivity index (χ4v) is 9.53. The first-order valence-electron chi connectivity index (χ1n) is 15.3. The lowest BCUT2D eigenvalue weighted by molar-refractivity contribution is -0.140. The molecular formula is C36H45NO7Si. The van der Waals surface area contributed by atoms with Gasteiger partial charge in [-0.25, -0.2) is 9.69 Å². The predicted molar refractivity (Wildman–Crippen MR) is 177 cm³/mol. The number of esters is 1. The second-order valence-electron chi connectivity index (χ2n) is 12.7. The van der Waals surface area contributed by atoms with Gasteiger partial charge >= 0.3 is 12.1 Å². The molecule has 0 unspecified atom stereocenters. The third kappa shape index (κ3) is 6.36. The Bertz CT molecular complexity index is 1500. The number of ether oxygens (including phenoxy) is 4. The molecule has 2 atom stereocenters. The number of hydrogen-bond donors (Lipinski definition) is 0. The van der Waals surface area contributed by atoms with E-state index >= 15 is 0 Å². The van der Waals surface area contributed by atoms with Crippen molar-refractivity contribution in [2.75, 3.05) is 21.3 Å². The van der Waals surface area contributed by atoms with Crippen molar-refractivity contribution in [1.82, 2.24) is 4.90 Å². The average molecular weight is 632 g/mol. The summed E-state index contributed by atoms with van der Waals surface area (Å²) in [7, 11) is 2.08. The maximum absolute atomic E-state index is 14.6. The molecule has 0 aromatic heterocycles. The molecule has 3 aromatic carbocycles. The van der Waals surface area contributed by atoms with Crippen LogP contribution in [-0.4, -0.2) is 58.3 Å². The van der Waals surface area contributed by atoms with E-state index in [4.69, 9.17) is 18.9 Å². The van der Waals surface area contributed by atoms with E-state index in [1.807, 2.05) is 94.4 Å². The summed E-state index contributed by atoms with van der Waals surface area (Å²) in [6.07, 6.45) is -0.705. The SMILES string of the molecule is COC(=O)C[C@@H](CC(=O)N1C(=O)OC(c2cc(C)ccc2OC)(c2cc(C)ccc2OC)[C@@H]1C(C)C)[Si](C)(C)c1ccccc1. The zero-order chi connectivity index (χ0) is 33.1. The van der Waals surface area contributed by atoms with Gasteiger partial charge in [-0.15, -0.1) is 0 Å². The Morgan fingerprint density at radius 3 is 1.87 bits per heavy atom. The fraction of sp³-hybridized carbons (Fsp3) is 0.417. The van der Waals surface area contributed by atoms with Crippen molar-refractivity contribution in [3.8, 4) is 11.5 Å². The quantitative estimate of drug-likeness (QED) is 0.176. The Hall–Kier alpha value is -4.11. The fourth-order valence-electron chi connectivity index (χ4n) is 6.64. The molecule has 8 nitrogen and oxygen atoms in total. The van der Waals surface area contributed by atoms with Crippen molar-refractivity contribution in [2.45, 2.75) is 70.8 Å². The number of nitrogens with zero attached hydrogens (tertiary/aromatic N) is 1. The first kappa shape index (κ1) is 33.8. The summed E-state index contributed by atoms with van der Waals surface area (Å²) in [5.74, 6) is 0.0201. The second kappa shape index (κ2) is 13.5. The summed E-state index contributed by atoms with van der Waals surface area (Å²) >= 11 is 0. The number of amides is 2. The van der Waals surface area contributed by atoms with Gasteiger partial charge in [0.2, 0.25) is 5.91 Å². The molecule has 0 N–H and O–H groups in total. The largest absolute Gasteiger partial charge is 0.496 e. The molecule has 0 bridgehead atoms. The molecule has 3 aromatic rings. The molecule has 2 amide bonds. The molecule has 9 heteroatoms. The van der Waals surface area contributed by atoms with Crippen molar-refractivity contribution in [3.63, 3.8) is 0 Å². The highest BCUT2D eigenvalue weighted by molar-refractivity contribution is 6.91. The summed E-state index contributed by atoms with van der Waals surface area (Å²) < 4.78 is 23.3. The molecule has 0 spiro atoms. The lowest BCUT2D eigenvalue weighted by atomic mass is 9.74. The van der Waals surface area contributed by atoms with Gasteiger partial charge in [-0.05, 0) is 49.6 Å². The topological polar surface area (TPSA) is 91.4 Å². The third-order valence-corrected chi connectivity index (χ3v) is 13.4. The maximum atomic E-state index is 14.6. The van der Waals surface area contributed by atoms with Crippen LogP contribution in [0.2, 0.25) is 18.6 Å². The average Bonchev–Trinajstić information content (AvgIpc) is 3.34. The summed E-state index contributed by atoms with van der Waals surface area (Å²) in [5.41, 5.74) is 1.35. The van der Waals surface area contributed by atoms with Crippen LogP contribution in [0.4, 0.5) is 4.79 Å². The van der Waals surface area contributed by atoms with Crippen molar-refractivity contribution in [2.24, 2.45) is 5.92 Å². The van der Waals surface area contributed by atoms with E-state index in [-0.39, 0.29) is 24.3 Å². The molecule has 1 fully saturated rings. The van der Waals surface area contributed by atoms with Crippen LogP contribution < -0.4 is 14.7 Å². The van der Waals surface area contributed by atoms with Crippen molar-refractivity contribution in [3.05, 3.63) is 89.0 Å². The van der Waals surface area contributed by atoms with E-state index in [9.17, 15) is 14.4 Å². The Labute approximate surface area is 267 Å². The second-order valence-corrected chi connectivity index (χ2v) is 17.6. The van der Waals surface area contributed by atoms with Gasteiger partial charge in [0, 0.05) is 24.0 Å². The lowest BCUT2D eigenvalue weighted by Crippen LogP contribution is -2.52. The standard InChI is InChI=1S/C36H45NO7Si/c1-23(2)34-36(28-19-24(3)15-17-30(28)41-5,29-20-25(4)16-18-31(29)42-6)44-35(40)37(34)32(38)21-27(22-33(39)43-7)45(8,9)26-13-11-10-12-14-26/h10-20,23,27,34H,21-22H2,1-9H3/t27-,34+/m1/s1. The third-order valence-electron chi connectivity index (χ3n) is 9.15. The Kier molecular flexibility index (Phi) is 10.1. The Morgan fingerprint density at radius 1 is 0.867 bits per heavy atom. The van der Waals surface area contributed by atoms with Crippen LogP contribution in [-0.2, 0) is 24.7 Å². The van der Waals surface area contributed by atoms with Crippen LogP contribution in [0.25, 0.3) is 0 Å². The van der Waals surface area contributed by atoms with Gasteiger partial charge in [-0.3, -0.25) is 9.59 Å². The van der Waals surface area contributed by atoms with Crippen molar-refractivity contribution < 1.29 is 33.3 Å². The van der Waals surface area contributed by atoms with Gasteiger partial charge < -0.3 is 18.9 Å². The molecule has 0 saturated carbocycles. The Balaban J connectivity index is 1.91. The van der Waals surface area contributed by atoms with Gasteiger partial charge in [0.05, 0.1) is 35.4 Å². The van der Waals surface area contributed by atoms with E-state index < -0.39 is 37.7 Å². The number of methoxy groups -OCH3 is 3. The highest BCUT2D eigenvalue weighted by Crippen LogP contribution is 2.53. The molecule has 1 saturated heterocycles. The summed E-state index contributed by atoms with van der Waals surface area (Å²) in [6, 6.07) is 20.7. The first-order valence-corrected chi connectivity index (χ1v) is 18.4. The number of aryl methyl sites for hydroxylation is 2. The van der Waals surface area contributed by atoms with Gasteiger partial charge in [0.1, 0.15) is 11.5 Å². The Morgan fingerprint density at radius 2 is 1.40 bits per heavy atom. The first-order chi connectivity index (χ1) is 21.3. The van der Waals surface area contributed by atoms with E-state index in [2.05, 4.69) is 13.1 Å². The summed E-state index contributed by atoms with van der Waals surface area (Å²) in [6.45, 7) is 12.2. The van der Waals surface area contributed by atoms with E-state index in [1.165, 1.54) is 12.0 Å². The molecule has 1 heterocycles. The minimum atomic E-state index is -2.42. The minimum Gasteiger partial charge on any atom is -0.496 e. The molecule has 0 radical (unpaired) electrons. The van der Waals surface area contributed by atoms with Gasteiger partial charge in [-0.2, -0.15) is 0 Å². The molecule has 1 aliphatic heterocycles. The number of cyclic esters (lactones) is 1. The number of hydrogen-bond acceptors (Lipinski definition) is 7. The highest BCUT2D eigenvalue weighted by atomic mass is 28.3. The number of benzene rings is 3. The summed E-state index contributed by atoms with van der Waals surface area (Å²) in [5, 5.41) is 1.11. The molecule has 45 heavy (non-hydrogen) atoms. The molecular weight excluding hydrogens is 586 g/mol. The van der Waals surface area contributed by atoms with E-state index in [0.717, 1.165) is 16.3 Å². The van der Waals surface area contributed by atoms with Crippen LogP contribution >= 0.6 is 0 Å². The lowest BCUT2D eigenvalue weighted by Gasteiger charge is -2.39. The van der Waals surface area contributed by atoms with Gasteiger partial charge in [0.15, 0.2) is 5.60 Å². The number of carbonyl (C=O) groups excluding carboxylic acids is 3. The van der Waals surface area contributed by atoms with Crippen molar-refractivity contribution in [1.29, 1.82) is 0 Å². The van der Waals surface area contributed by atoms with Crippen LogP contribution in [0.1, 0.15) is 48.9 Å². The monoisotopic (exact) mass is 631 g/mol. The van der Waals surface area contributed by atoms with Gasteiger partial charge in [0.25, 0.3) is 0 Å². The minimum absolute atomic E-state index is 0.0203. The molecule has 0 aliphatic carbocycles. The van der Waals surface area contributed by atoms with Crippen molar-refractivity contribution >= 4 is 31.2 Å². The van der Waals surface area contributed by atoms with Crippen LogP contribution in [0.5, 0.6) is 11.5 Å². The number of rotatable bonds is 11. The van der Waals surface area contributed by atoms with E-state index in [0.29, 0.717) is 22.6 Å². The normalized spacial score (nSPS) is 16.7. The van der Waals surface area contributed by atoms with Crippen LogP contribution in [0, 0.1) is 19.8 Å². The number of carbonyl (C=O) groups is 3. The zero-order valence-corrected chi connectivity index (χ0v) is 28.8. The number of imide groups is 1. The zero-order valence-electron chi connectivity index (χ0n) is 27.8. The smallest absolute Gasteiger partial charge is 0.418 e. The molecule has 1 aliphatic rings. The van der Waals surface area contributed by atoms with Crippen LogP contribution in [0.3, 0.4) is 0 Å². The highest BCUT2D eigenvalue weighted by Gasteiger charge is 2.61.